The highest BCUT2D eigenvalue weighted by atomic mass is 15.2. The van der Waals surface area contributed by atoms with E-state index in [9.17, 15) is 0 Å². The Morgan fingerprint density at radius 2 is 2.33 bits per heavy atom. The second-order valence-corrected chi connectivity index (χ2v) is 2.06. The first-order valence-corrected chi connectivity index (χ1v) is 2.94. The summed E-state index contributed by atoms with van der Waals surface area (Å²) in [5, 5.41) is 3.02. The van der Waals surface area contributed by atoms with Crippen LogP contribution in [0.25, 0.3) is 0 Å². The van der Waals surface area contributed by atoms with Crippen molar-refractivity contribution in [3.05, 3.63) is 12.2 Å². The Hall–Kier alpha value is -1.12. The number of nitrogens with zero attached hydrogens (tertiary/aromatic N) is 2. The zero-order chi connectivity index (χ0) is 6.10. The monoisotopic (exact) mass is 121 g/mol. The molecule has 2 atom stereocenters. The lowest BCUT2D eigenvalue weighted by molar-refractivity contribution is 0.616. The number of hydrogen-bond acceptors (Lipinski definition) is 3. The van der Waals surface area contributed by atoms with Gasteiger partial charge in [-0.15, -0.1) is 0 Å². The number of hydrogen-bond donors (Lipinski definition) is 1. The molecule has 0 aliphatic carbocycles. The summed E-state index contributed by atoms with van der Waals surface area (Å²) in [5.41, 5.74) is 0. The van der Waals surface area contributed by atoms with Gasteiger partial charge in [0.05, 0.1) is 6.34 Å². The highest BCUT2D eigenvalue weighted by Crippen LogP contribution is 2.08. The molecule has 0 saturated carbocycles. The van der Waals surface area contributed by atoms with Gasteiger partial charge < -0.3 is 5.32 Å². The highest BCUT2D eigenvalue weighted by Gasteiger charge is 2.20. The van der Waals surface area contributed by atoms with E-state index in [1.54, 1.807) is 12.6 Å². The molecule has 2 aliphatic heterocycles. The van der Waals surface area contributed by atoms with Crippen molar-refractivity contribution in [2.24, 2.45) is 9.98 Å². The second-order valence-electron chi connectivity index (χ2n) is 2.06. The van der Waals surface area contributed by atoms with Gasteiger partial charge in [0.15, 0.2) is 0 Å². The van der Waals surface area contributed by atoms with Gasteiger partial charge in [-0.3, -0.25) is 9.98 Å². The van der Waals surface area contributed by atoms with Crippen LogP contribution in [0.4, 0.5) is 0 Å². The predicted molar refractivity (Wildman–Crippen MR) is 36.8 cm³/mol. The third-order valence-electron chi connectivity index (χ3n) is 1.46. The maximum absolute atomic E-state index is 4.14. The summed E-state index contributed by atoms with van der Waals surface area (Å²) in [6.07, 6.45) is 7.64. The standard InChI is InChI=1S/C6H7N3/c1-2-5-6(7-3-1)9-4-8-5/h1-6H,(H,8,9). The van der Waals surface area contributed by atoms with Gasteiger partial charge >= 0.3 is 0 Å². The third kappa shape index (κ3) is 0.650. The van der Waals surface area contributed by atoms with Crippen molar-refractivity contribution >= 4 is 12.6 Å². The molecule has 46 valence electrons. The van der Waals surface area contributed by atoms with Crippen LogP contribution in [0.2, 0.25) is 0 Å². The van der Waals surface area contributed by atoms with Crippen molar-refractivity contribution in [2.75, 3.05) is 0 Å². The molecule has 0 saturated heterocycles. The van der Waals surface area contributed by atoms with Crippen LogP contribution in [0.15, 0.2) is 22.1 Å². The molecule has 1 N–H and O–H groups in total. The first kappa shape index (κ1) is 4.73. The minimum absolute atomic E-state index is 0.176. The Morgan fingerprint density at radius 1 is 1.33 bits per heavy atom. The van der Waals surface area contributed by atoms with Crippen LogP contribution in [0.1, 0.15) is 0 Å². The zero-order valence-corrected chi connectivity index (χ0v) is 4.86. The maximum atomic E-state index is 4.14. The lowest BCUT2D eigenvalue weighted by Gasteiger charge is -2.11. The van der Waals surface area contributed by atoms with Crippen molar-refractivity contribution in [1.82, 2.24) is 5.32 Å². The number of aliphatic imine (C=N–C) groups is 2. The van der Waals surface area contributed by atoms with Gasteiger partial charge in [0.1, 0.15) is 12.2 Å². The Balaban J connectivity index is 2.25. The van der Waals surface area contributed by atoms with Crippen LogP contribution in [0.5, 0.6) is 0 Å². The average molecular weight is 121 g/mol. The summed E-state index contributed by atoms with van der Waals surface area (Å²) >= 11 is 0. The topological polar surface area (TPSA) is 36.8 Å². The van der Waals surface area contributed by atoms with Crippen molar-refractivity contribution in [2.45, 2.75) is 12.2 Å². The molecular formula is C6H7N3. The van der Waals surface area contributed by atoms with Crippen molar-refractivity contribution in [1.29, 1.82) is 0 Å². The van der Waals surface area contributed by atoms with E-state index in [0.29, 0.717) is 0 Å². The SMILES string of the molecule is C1=CC2N=CNC2N=C1. The number of nitrogens with one attached hydrogen (secondary N) is 1. The van der Waals surface area contributed by atoms with Crippen LogP contribution in [-0.2, 0) is 0 Å². The predicted octanol–water partition coefficient (Wildman–Crippen LogP) is -0.0468. The first-order chi connectivity index (χ1) is 4.47. The molecule has 0 aromatic heterocycles. The van der Waals surface area contributed by atoms with E-state index in [2.05, 4.69) is 15.3 Å². The second kappa shape index (κ2) is 1.69. The van der Waals surface area contributed by atoms with E-state index < -0.39 is 0 Å². The molecule has 0 spiro atoms. The van der Waals surface area contributed by atoms with Crippen LogP contribution in [0.3, 0.4) is 0 Å². The third-order valence-corrected chi connectivity index (χ3v) is 1.46. The van der Waals surface area contributed by atoms with Crippen molar-refractivity contribution in [3.63, 3.8) is 0 Å². The van der Waals surface area contributed by atoms with Gasteiger partial charge in [-0.05, 0) is 6.08 Å². The van der Waals surface area contributed by atoms with E-state index >= 15 is 0 Å². The Kier molecular flexibility index (Phi) is 0.886. The summed E-state index contributed by atoms with van der Waals surface area (Å²) in [6, 6.07) is 0.245. The van der Waals surface area contributed by atoms with E-state index in [0.717, 1.165) is 0 Å². The fraction of sp³-hybridized carbons (Fsp3) is 0.333. The van der Waals surface area contributed by atoms with E-state index in [4.69, 9.17) is 0 Å². The van der Waals surface area contributed by atoms with Gasteiger partial charge in [-0.25, -0.2) is 0 Å². The molecule has 0 aromatic carbocycles. The molecule has 2 heterocycles. The lowest BCUT2D eigenvalue weighted by atomic mass is 10.2. The number of allylic oxidation sites excluding steroid dienone is 1. The smallest absolute Gasteiger partial charge is 0.145 e. The molecule has 9 heavy (non-hydrogen) atoms. The molecule has 2 aliphatic rings. The largest absolute Gasteiger partial charge is 0.353 e. The summed E-state index contributed by atoms with van der Waals surface area (Å²) in [7, 11) is 0. The average Bonchev–Trinajstić information content (AvgIpc) is 2.33. The van der Waals surface area contributed by atoms with Crippen molar-refractivity contribution < 1.29 is 0 Å². The minimum atomic E-state index is 0.176. The summed E-state index contributed by atoms with van der Waals surface area (Å²) in [4.78, 5) is 8.26. The van der Waals surface area contributed by atoms with Gasteiger partial charge in [0.25, 0.3) is 0 Å². The fourth-order valence-corrected chi connectivity index (χ4v) is 0.978. The molecule has 3 nitrogen and oxygen atoms in total. The summed E-state index contributed by atoms with van der Waals surface area (Å²) in [5.74, 6) is 0. The Morgan fingerprint density at radius 3 is 3.22 bits per heavy atom. The zero-order valence-electron chi connectivity index (χ0n) is 4.86. The number of rotatable bonds is 0. The van der Waals surface area contributed by atoms with Gasteiger partial charge in [0, 0.05) is 6.21 Å². The normalized spacial score (nSPS) is 36.4. The molecule has 0 bridgehead atoms. The molecular weight excluding hydrogens is 114 g/mol. The first-order valence-electron chi connectivity index (χ1n) is 2.94. The summed E-state index contributed by atoms with van der Waals surface area (Å²) < 4.78 is 0. The summed E-state index contributed by atoms with van der Waals surface area (Å²) in [6.45, 7) is 0. The highest BCUT2D eigenvalue weighted by molar-refractivity contribution is 5.74. The minimum Gasteiger partial charge on any atom is -0.353 e. The van der Waals surface area contributed by atoms with Gasteiger partial charge in [-0.2, -0.15) is 0 Å². The van der Waals surface area contributed by atoms with Crippen molar-refractivity contribution in [3.8, 4) is 0 Å². The lowest BCUT2D eigenvalue weighted by Crippen LogP contribution is -2.29. The van der Waals surface area contributed by atoms with E-state index in [1.165, 1.54) is 0 Å². The quantitative estimate of drug-likeness (QED) is 0.479. The number of fused-ring (bicyclic) bond motifs is 1. The van der Waals surface area contributed by atoms with Crippen LogP contribution >= 0.6 is 0 Å². The molecule has 0 aromatic rings. The molecule has 2 unspecified atom stereocenters. The molecule has 3 heteroatoms. The number of dihydropyridines is 1. The molecule has 0 radical (unpaired) electrons. The Labute approximate surface area is 53.2 Å². The van der Waals surface area contributed by atoms with Crippen LogP contribution in [0, 0.1) is 0 Å². The van der Waals surface area contributed by atoms with Crippen LogP contribution < -0.4 is 5.32 Å². The van der Waals surface area contributed by atoms with E-state index in [-0.39, 0.29) is 12.2 Å². The maximum Gasteiger partial charge on any atom is 0.145 e. The molecule has 0 fully saturated rings. The van der Waals surface area contributed by atoms with E-state index in [1.807, 2.05) is 12.2 Å². The molecule has 0 amide bonds. The van der Waals surface area contributed by atoms with Gasteiger partial charge in [-0.1, -0.05) is 6.08 Å². The Bertz CT molecular complexity index is 192. The van der Waals surface area contributed by atoms with Crippen LogP contribution in [-0.4, -0.2) is 24.8 Å². The van der Waals surface area contributed by atoms with Gasteiger partial charge in [0.2, 0.25) is 0 Å². The fourth-order valence-electron chi connectivity index (χ4n) is 0.978. The molecule has 2 rings (SSSR count).